The largest absolute Gasteiger partial charge is 0.375 e. The number of rotatable bonds is 7. The van der Waals surface area contributed by atoms with E-state index in [9.17, 15) is 0 Å². The molecule has 1 aromatic carbocycles. The normalized spacial score (nSPS) is 11.4. The van der Waals surface area contributed by atoms with Crippen LogP contribution >= 0.6 is 47.2 Å². The Morgan fingerprint density at radius 3 is 2.71 bits per heavy atom. The Morgan fingerprint density at radius 1 is 1.38 bits per heavy atom. The fourth-order valence-electron chi connectivity index (χ4n) is 1.41. The van der Waals surface area contributed by atoms with E-state index in [1.807, 2.05) is 6.07 Å². The van der Waals surface area contributed by atoms with E-state index < -0.39 is 0 Å². The van der Waals surface area contributed by atoms with E-state index in [1.165, 1.54) is 0 Å². The lowest BCUT2D eigenvalue weighted by Crippen LogP contribution is -2.34. The third-order valence-electron chi connectivity index (χ3n) is 2.45. The number of ether oxygens (including phenoxy) is 1. The molecule has 0 unspecified atom stereocenters. The predicted molar refractivity (Wildman–Crippen MR) is 101 cm³/mol. The summed E-state index contributed by atoms with van der Waals surface area (Å²) >= 11 is 11.9. The van der Waals surface area contributed by atoms with Crippen molar-refractivity contribution in [3.05, 3.63) is 33.8 Å². The third-order valence-corrected chi connectivity index (χ3v) is 3.04. The fourth-order valence-corrected chi connectivity index (χ4v) is 1.87. The van der Waals surface area contributed by atoms with Crippen LogP contribution in [0.3, 0.4) is 0 Å². The molecule has 120 valence electrons. The van der Waals surface area contributed by atoms with E-state index in [-0.39, 0.29) is 24.0 Å². The standard InChI is InChI=1S/C14H21Cl2N3O.HI/c1-10(2)8-19-14(17)18-5-6-20-9-11-3-4-12(15)7-13(11)16;/h3-4,7,10H,5-6,8-9H2,1-2H3,(H3,17,18,19);1H. The number of nitrogens with two attached hydrogens (primary N) is 1. The molecule has 0 heterocycles. The first-order valence-corrected chi connectivity index (χ1v) is 7.30. The Balaban J connectivity index is 0.00000400. The van der Waals surface area contributed by atoms with Crippen LogP contribution in [0.1, 0.15) is 19.4 Å². The Labute approximate surface area is 153 Å². The molecular formula is C14H22Cl2IN3O. The highest BCUT2D eigenvalue weighted by Crippen LogP contribution is 2.21. The summed E-state index contributed by atoms with van der Waals surface area (Å²) in [5.41, 5.74) is 6.62. The van der Waals surface area contributed by atoms with Crippen molar-refractivity contribution in [2.45, 2.75) is 20.5 Å². The molecule has 3 N–H and O–H groups in total. The summed E-state index contributed by atoms with van der Waals surface area (Å²) in [6.45, 7) is 6.49. The minimum absolute atomic E-state index is 0. The molecule has 0 bridgehead atoms. The first-order chi connectivity index (χ1) is 9.49. The van der Waals surface area contributed by atoms with Crippen LogP contribution in [0.4, 0.5) is 0 Å². The van der Waals surface area contributed by atoms with Crippen LogP contribution < -0.4 is 11.1 Å². The van der Waals surface area contributed by atoms with Crippen molar-refractivity contribution in [2.24, 2.45) is 16.6 Å². The average molecular weight is 446 g/mol. The Morgan fingerprint density at radius 2 is 2.10 bits per heavy atom. The fraction of sp³-hybridized carbons (Fsp3) is 0.500. The highest BCUT2D eigenvalue weighted by Gasteiger charge is 2.01. The maximum Gasteiger partial charge on any atom is 0.188 e. The number of hydrogen-bond acceptors (Lipinski definition) is 2. The number of benzene rings is 1. The maximum atomic E-state index is 6.04. The van der Waals surface area contributed by atoms with Crippen LogP contribution in [-0.2, 0) is 11.3 Å². The number of halogens is 3. The van der Waals surface area contributed by atoms with Crippen molar-refractivity contribution in [1.82, 2.24) is 5.32 Å². The highest BCUT2D eigenvalue weighted by atomic mass is 127. The minimum Gasteiger partial charge on any atom is -0.375 e. The molecule has 0 spiro atoms. The first-order valence-electron chi connectivity index (χ1n) is 6.54. The molecule has 0 atom stereocenters. The molecule has 0 fully saturated rings. The van der Waals surface area contributed by atoms with Gasteiger partial charge < -0.3 is 15.8 Å². The van der Waals surface area contributed by atoms with Gasteiger partial charge in [-0.2, -0.15) is 0 Å². The number of aliphatic imine (C=N–C) groups is 1. The van der Waals surface area contributed by atoms with E-state index in [4.69, 9.17) is 33.7 Å². The number of nitrogens with zero attached hydrogens (tertiary/aromatic N) is 1. The van der Waals surface area contributed by atoms with Crippen LogP contribution in [0, 0.1) is 5.92 Å². The van der Waals surface area contributed by atoms with Gasteiger partial charge in [0, 0.05) is 23.1 Å². The Bertz CT molecular complexity index is 456. The third kappa shape index (κ3) is 9.39. The van der Waals surface area contributed by atoms with Crippen LogP contribution in [0.2, 0.25) is 10.0 Å². The van der Waals surface area contributed by atoms with Gasteiger partial charge in [0.1, 0.15) is 0 Å². The lowest BCUT2D eigenvalue weighted by atomic mass is 10.2. The van der Waals surface area contributed by atoms with E-state index in [1.54, 1.807) is 12.1 Å². The van der Waals surface area contributed by atoms with Gasteiger partial charge in [-0.15, -0.1) is 24.0 Å². The van der Waals surface area contributed by atoms with Gasteiger partial charge in [0.2, 0.25) is 0 Å². The molecule has 0 aromatic heterocycles. The summed E-state index contributed by atoms with van der Waals surface area (Å²) in [6, 6.07) is 5.36. The van der Waals surface area contributed by atoms with E-state index in [0.717, 1.165) is 12.1 Å². The lowest BCUT2D eigenvalue weighted by Gasteiger charge is -2.08. The van der Waals surface area contributed by atoms with E-state index in [2.05, 4.69) is 24.2 Å². The molecule has 0 saturated carbocycles. The average Bonchev–Trinajstić information content (AvgIpc) is 2.38. The molecule has 0 amide bonds. The Hall–Kier alpha value is -0.240. The zero-order valence-electron chi connectivity index (χ0n) is 12.2. The van der Waals surface area contributed by atoms with Gasteiger partial charge in [-0.05, 0) is 23.6 Å². The second-order valence-corrected chi connectivity index (χ2v) is 5.68. The monoisotopic (exact) mass is 445 g/mol. The molecule has 0 aliphatic rings. The van der Waals surface area contributed by atoms with Crippen molar-refractivity contribution < 1.29 is 4.74 Å². The smallest absolute Gasteiger partial charge is 0.188 e. The SMILES string of the molecule is CC(C)CN=C(N)NCCOCc1ccc(Cl)cc1Cl.I. The van der Waals surface area contributed by atoms with Gasteiger partial charge in [-0.25, -0.2) is 0 Å². The number of hydrogen-bond donors (Lipinski definition) is 2. The predicted octanol–water partition coefficient (Wildman–Crippen LogP) is 3.69. The molecular weight excluding hydrogens is 424 g/mol. The van der Waals surface area contributed by atoms with E-state index in [0.29, 0.717) is 41.7 Å². The van der Waals surface area contributed by atoms with Gasteiger partial charge in [-0.1, -0.05) is 43.1 Å². The maximum absolute atomic E-state index is 6.04. The van der Waals surface area contributed by atoms with Crippen molar-refractivity contribution in [1.29, 1.82) is 0 Å². The quantitative estimate of drug-likeness (QED) is 0.291. The molecule has 4 nitrogen and oxygen atoms in total. The van der Waals surface area contributed by atoms with Crippen molar-refractivity contribution in [3.63, 3.8) is 0 Å². The summed E-state index contributed by atoms with van der Waals surface area (Å²) in [6.07, 6.45) is 0. The number of nitrogens with one attached hydrogen (secondary N) is 1. The molecule has 1 rings (SSSR count). The minimum atomic E-state index is 0. The van der Waals surface area contributed by atoms with Crippen molar-refractivity contribution in [3.8, 4) is 0 Å². The van der Waals surface area contributed by atoms with Gasteiger partial charge in [-0.3, -0.25) is 4.99 Å². The molecule has 0 saturated heterocycles. The summed E-state index contributed by atoms with van der Waals surface area (Å²) < 4.78 is 5.52. The molecule has 0 aliphatic heterocycles. The number of guanidine groups is 1. The summed E-state index contributed by atoms with van der Waals surface area (Å²) in [5, 5.41) is 4.23. The highest BCUT2D eigenvalue weighted by molar-refractivity contribution is 14.0. The van der Waals surface area contributed by atoms with Crippen molar-refractivity contribution in [2.75, 3.05) is 19.7 Å². The zero-order valence-corrected chi connectivity index (χ0v) is 16.1. The molecule has 7 heteroatoms. The first kappa shape index (κ1) is 20.8. The molecule has 1 aromatic rings. The zero-order chi connectivity index (χ0) is 15.0. The van der Waals surface area contributed by atoms with Gasteiger partial charge >= 0.3 is 0 Å². The van der Waals surface area contributed by atoms with Gasteiger partial charge in [0.05, 0.1) is 13.2 Å². The lowest BCUT2D eigenvalue weighted by molar-refractivity contribution is 0.125. The van der Waals surface area contributed by atoms with Crippen LogP contribution in [0.15, 0.2) is 23.2 Å². The topological polar surface area (TPSA) is 59.6 Å². The second kappa shape index (κ2) is 11.3. The molecule has 21 heavy (non-hydrogen) atoms. The van der Waals surface area contributed by atoms with E-state index >= 15 is 0 Å². The summed E-state index contributed by atoms with van der Waals surface area (Å²) in [5.74, 6) is 0.950. The molecule has 0 aliphatic carbocycles. The summed E-state index contributed by atoms with van der Waals surface area (Å²) in [4.78, 5) is 4.20. The summed E-state index contributed by atoms with van der Waals surface area (Å²) in [7, 11) is 0. The van der Waals surface area contributed by atoms with Crippen LogP contribution in [0.5, 0.6) is 0 Å². The Kier molecular flexibility index (Phi) is 11.2. The van der Waals surface area contributed by atoms with Gasteiger partial charge in [0.15, 0.2) is 5.96 Å². The second-order valence-electron chi connectivity index (χ2n) is 4.83. The molecule has 0 radical (unpaired) electrons. The van der Waals surface area contributed by atoms with Crippen molar-refractivity contribution >= 4 is 53.1 Å². The van der Waals surface area contributed by atoms with Gasteiger partial charge in [0.25, 0.3) is 0 Å². The van der Waals surface area contributed by atoms with Crippen LogP contribution in [0.25, 0.3) is 0 Å². The van der Waals surface area contributed by atoms with Crippen LogP contribution in [-0.4, -0.2) is 25.7 Å².